The van der Waals surface area contributed by atoms with Gasteiger partial charge in [0.2, 0.25) is 5.82 Å². The van der Waals surface area contributed by atoms with Crippen molar-refractivity contribution in [2.24, 2.45) is 0 Å². The summed E-state index contributed by atoms with van der Waals surface area (Å²) in [5.74, 6) is -1.54. The van der Waals surface area contributed by atoms with E-state index in [-0.39, 0.29) is 24.2 Å². The fourth-order valence-corrected chi connectivity index (χ4v) is 5.12. The summed E-state index contributed by atoms with van der Waals surface area (Å²) in [5, 5.41) is 3.40. The minimum atomic E-state index is -4.66. The molecule has 0 spiro atoms. The second kappa shape index (κ2) is 10.3. The molecule has 13 heteroatoms. The number of nitrogens with zero attached hydrogens (tertiary/aromatic N) is 4. The Bertz CT molecular complexity index is 1360. The summed E-state index contributed by atoms with van der Waals surface area (Å²) in [6, 6.07) is 2.53. The number of amides is 2. The Balaban J connectivity index is 1.48. The standard InChI is InChI=1S/C25H24F3N5O4S/c1-13-8-29-23(38-13)18-6-15(22(35)32-14(2)16-9-30-24(31-10-16)25(26,27)28)7-19-21(18)37-12-20(34)33(19)11-17-4-3-5-36-17/h6-10,14,17H,3-5,11-12H2,1-2H3,(H,32,35)/t14?,17-/m0/s1. The van der Waals surface area contributed by atoms with Crippen LogP contribution in [0.4, 0.5) is 18.9 Å². The van der Waals surface area contributed by atoms with E-state index < -0.39 is 23.9 Å². The van der Waals surface area contributed by atoms with Crippen molar-refractivity contribution in [1.29, 1.82) is 0 Å². The summed E-state index contributed by atoms with van der Waals surface area (Å²) in [5.41, 5.74) is 1.56. The maximum Gasteiger partial charge on any atom is 0.451 e. The van der Waals surface area contributed by atoms with Gasteiger partial charge in [-0.1, -0.05) is 0 Å². The average Bonchev–Trinajstić information content (AvgIpc) is 3.56. The number of benzene rings is 1. The maximum atomic E-state index is 13.3. The quantitative estimate of drug-likeness (QED) is 0.490. The summed E-state index contributed by atoms with van der Waals surface area (Å²) in [6.07, 6.45) is 0.740. The molecule has 0 saturated carbocycles. The SMILES string of the molecule is Cc1cnc(-c2cc(C(=O)NC(C)c3cnc(C(F)(F)F)nc3)cc3c2OCC(=O)N3C[C@@H]2CCCO2)s1. The van der Waals surface area contributed by atoms with Crippen molar-refractivity contribution in [1.82, 2.24) is 20.3 Å². The Morgan fingerprint density at radius 1 is 1.24 bits per heavy atom. The molecular weight excluding hydrogens is 523 g/mol. The largest absolute Gasteiger partial charge is 0.481 e. The number of carbonyl (C=O) groups excluding carboxylic acids is 2. The Labute approximate surface area is 220 Å². The third-order valence-corrected chi connectivity index (χ3v) is 7.24. The summed E-state index contributed by atoms with van der Waals surface area (Å²) < 4.78 is 50.0. The maximum absolute atomic E-state index is 13.3. The number of fused-ring (bicyclic) bond motifs is 1. The Kier molecular flexibility index (Phi) is 7.05. The number of hydrogen-bond acceptors (Lipinski definition) is 8. The molecule has 3 aromatic rings. The first-order valence-electron chi connectivity index (χ1n) is 12.0. The van der Waals surface area contributed by atoms with E-state index in [1.54, 1.807) is 30.2 Å². The molecule has 2 aliphatic heterocycles. The van der Waals surface area contributed by atoms with E-state index in [1.807, 2.05) is 6.92 Å². The summed E-state index contributed by atoms with van der Waals surface area (Å²) in [4.78, 5) is 39.9. The van der Waals surface area contributed by atoms with Crippen LogP contribution in [0.5, 0.6) is 5.75 Å². The van der Waals surface area contributed by atoms with Crippen LogP contribution in [0.2, 0.25) is 0 Å². The average molecular weight is 548 g/mol. The minimum Gasteiger partial charge on any atom is -0.481 e. The van der Waals surface area contributed by atoms with Gasteiger partial charge in [-0.3, -0.25) is 9.59 Å². The first-order valence-corrected chi connectivity index (χ1v) is 12.8. The monoisotopic (exact) mass is 547 g/mol. The summed E-state index contributed by atoms with van der Waals surface area (Å²) in [7, 11) is 0. The van der Waals surface area contributed by atoms with Gasteiger partial charge < -0.3 is 19.7 Å². The Hall–Kier alpha value is -3.58. The number of aromatic nitrogens is 3. The summed E-state index contributed by atoms with van der Waals surface area (Å²) >= 11 is 1.42. The molecule has 9 nitrogen and oxygen atoms in total. The highest BCUT2D eigenvalue weighted by molar-refractivity contribution is 7.15. The zero-order valence-electron chi connectivity index (χ0n) is 20.5. The van der Waals surface area contributed by atoms with Gasteiger partial charge in [-0.25, -0.2) is 15.0 Å². The molecule has 1 fully saturated rings. The van der Waals surface area contributed by atoms with E-state index in [2.05, 4.69) is 20.3 Å². The highest BCUT2D eigenvalue weighted by atomic mass is 32.1. The molecular formula is C25H24F3N5O4S. The number of anilines is 1. The molecule has 38 heavy (non-hydrogen) atoms. The molecule has 2 atom stereocenters. The van der Waals surface area contributed by atoms with Crippen LogP contribution in [-0.4, -0.2) is 52.6 Å². The van der Waals surface area contributed by atoms with Gasteiger partial charge in [0.05, 0.1) is 29.9 Å². The molecule has 1 unspecified atom stereocenters. The topological polar surface area (TPSA) is 107 Å². The van der Waals surface area contributed by atoms with Crippen molar-refractivity contribution in [3.8, 4) is 16.3 Å². The first-order chi connectivity index (χ1) is 18.1. The van der Waals surface area contributed by atoms with Crippen molar-refractivity contribution in [3.63, 3.8) is 0 Å². The number of halogens is 3. The number of thiazole rings is 1. The normalized spacial score (nSPS) is 18.2. The lowest BCUT2D eigenvalue weighted by Crippen LogP contribution is -2.43. The predicted octanol–water partition coefficient (Wildman–Crippen LogP) is 4.32. The Morgan fingerprint density at radius 2 is 2.00 bits per heavy atom. The first kappa shape index (κ1) is 26.0. The molecule has 0 bridgehead atoms. The number of ether oxygens (including phenoxy) is 2. The molecule has 2 aliphatic rings. The van der Waals surface area contributed by atoms with Gasteiger partial charge in [0.15, 0.2) is 12.4 Å². The highest BCUT2D eigenvalue weighted by Gasteiger charge is 2.35. The molecule has 5 rings (SSSR count). The van der Waals surface area contributed by atoms with Gasteiger partial charge in [-0.15, -0.1) is 11.3 Å². The Morgan fingerprint density at radius 3 is 2.63 bits per heavy atom. The number of aryl methyl sites for hydroxylation is 1. The van der Waals surface area contributed by atoms with Crippen molar-refractivity contribution in [3.05, 3.63) is 52.6 Å². The van der Waals surface area contributed by atoms with Crippen LogP contribution >= 0.6 is 11.3 Å². The fraction of sp³-hybridized carbons (Fsp3) is 0.400. The van der Waals surface area contributed by atoms with Crippen molar-refractivity contribution in [2.45, 2.75) is 45.0 Å². The molecule has 1 aromatic carbocycles. The van der Waals surface area contributed by atoms with Gasteiger partial charge in [-0.05, 0) is 38.8 Å². The van der Waals surface area contributed by atoms with Crippen molar-refractivity contribution in [2.75, 3.05) is 24.7 Å². The minimum absolute atomic E-state index is 0.118. The van der Waals surface area contributed by atoms with E-state index in [4.69, 9.17) is 9.47 Å². The van der Waals surface area contributed by atoms with Crippen molar-refractivity contribution >= 4 is 28.8 Å². The van der Waals surface area contributed by atoms with Gasteiger partial charge in [0.25, 0.3) is 11.8 Å². The molecule has 0 radical (unpaired) electrons. The van der Waals surface area contributed by atoms with Gasteiger partial charge in [0, 0.05) is 41.2 Å². The lowest BCUT2D eigenvalue weighted by molar-refractivity contribution is -0.145. The number of carbonyl (C=O) groups is 2. The number of rotatable bonds is 6. The van der Waals surface area contributed by atoms with E-state index >= 15 is 0 Å². The van der Waals surface area contributed by atoms with Crippen LogP contribution in [0.3, 0.4) is 0 Å². The van der Waals surface area contributed by atoms with Crippen LogP contribution in [0.1, 0.15) is 52.4 Å². The number of alkyl halides is 3. The zero-order chi connectivity index (χ0) is 27.0. The highest BCUT2D eigenvalue weighted by Crippen LogP contribution is 2.43. The van der Waals surface area contributed by atoms with Crippen LogP contribution in [-0.2, 0) is 15.7 Å². The predicted molar refractivity (Wildman–Crippen MR) is 132 cm³/mol. The van der Waals surface area contributed by atoms with Gasteiger partial charge >= 0.3 is 6.18 Å². The van der Waals surface area contributed by atoms with Gasteiger partial charge in [0.1, 0.15) is 5.01 Å². The molecule has 1 N–H and O–H groups in total. The molecule has 4 heterocycles. The van der Waals surface area contributed by atoms with Crippen molar-refractivity contribution < 1.29 is 32.2 Å². The molecule has 1 saturated heterocycles. The second-order valence-corrected chi connectivity index (χ2v) is 10.3. The zero-order valence-corrected chi connectivity index (χ0v) is 21.4. The van der Waals surface area contributed by atoms with Crippen LogP contribution in [0.25, 0.3) is 10.6 Å². The molecule has 2 aromatic heterocycles. The number of nitrogens with one attached hydrogen (secondary N) is 1. The lowest BCUT2D eigenvalue weighted by Gasteiger charge is -2.32. The van der Waals surface area contributed by atoms with Crippen LogP contribution < -0.4 is 15.0 Å². The van der Waals surface area contributed by atoms with E-state index in [0.717, 1.165) is 30.1 Å². The third-order valence-electron chi connectivity index (χ3n) is 6.30. The molecule has 2 amide bonds. The van der Waals surface area contributed by atoms with E-state index in [9.17, 15) is 22.8 Å². The fourth-order valence-electron chi connectivity index (χ4n) is 4.34. The van der Waals surface area contributed by atoms with Crippen LogP contribution in [0.15, 0.2) is 30.7 Å². The van der Waals surface area contributed by atoms with Crippen LogP contribution in [0, 0.1) is 6.92 Å². The summed E-state index contributed by atoms with van der Waals surface area (Å²) in [6.45, 7) is 4.34. The number of hydrogen-bond donors (Lipinski definition) is 1. The van der Waals surface area contributed by atoms with E-state index in [0.29, 0.717) is 40.7 Å². The van der Waals surface area contributed by atoms with Gasteiger partial charge in [-0.2, -0.15) is 13.2 Å². The lowest BCUT2D eigenvalue weighted by atomic mass is 10.0. The molecule has 0 aliphatic carbocycles. The third kappa shape index (κ3) is 5.34. The second-order valence-electron chi connectivity index (χ2n) is 9.11. The van der Waals surface area contributed by atoms with E-state index in [1.165, 1.54) is 11.3 Å². The smallest absolute Gasteiger partial charge is 0.451 e. The molecule has 200 valence electrons.